The molecule has 1 aliphatic carbocycles. The van der Waals surface area contributed by atoms with Crippen molar-refractivity contribution < 1.29 is 0 Å². The van der Waals surface area contributed by atoms with Gasteiger partial charge in [0.1, 0.15) is 11.6 Å². The fraction of sp³-hybridized carbons (Fsp3) is 0.318. The maximum Gasteiger partial charge on any atom is 0.163 e. The Morgan fingerprint density at radius 2 is 2.04 bits per heavy atom. The third-order valence-corrected chi connectivity index (χ3v) is 4.95. The van der Waals surface area contributed by atoms with Crippen molar-refractivity contribution in [3.63, 3.8) is 0 Å². The van der Waals surface area contributed by atoms with E-state index in [9.17, 15) is 0 Å². The van der Waals surface area contributed by atoms with Crippen LogP contribution in [-0.4, -0.2) is 33.8 Å². The molecule has 0 aliphatic heterocycles. The number of nitrogens with zero attached hydrogens (tertiary/aromatic N) is 4. The SMILES string of the molecule is CCCCN(C)c1cc(Nc2cc(C)[nH]n2)nc(-c2ccc3c(c2)C=CC3)n1. The minimum Gasteiger partial charge on any atom is -0.359 e. The highest BCUT2D eigenvalue weighted by Gasteiger charge is 2.13. The van der Waals surface area contributed by atoms with Gasteiger partial charge in [-0.1, -0.05) is 37.6 Å². The van der Waals surface area contributed by atoms with Gasteiger partial charge in [-0.3, -0.25) is 5.10 Å². The van der Waals surface area contributed by atoms with Crippen molar-refractivity contribution >= 4 is 23.5 Å². The van der Waals surface area contributed by atoms with E-state index in [-0.39, 0.29) is 0 Å². The van der Waals surface area contributed by atoms with Crippen LogP contribution in [0.3, 0.4) is 0 Å². The second-order valence-corrected chi connectivity index (χ2v) is 7.29. The number of fused-ring (bicyclic) bond motifs is 1. The van der Waals surface area contributed by atoms with Crippen LogP contribution in [0.2, 0.25) is 0 Å². The molecule has 4 rings (SSSR count). The Bertz CT molecular complexity index is 1000. The van der Waals surface area contributed by atoms with Crippen molar-refractivity contribution in [3.05, 3.63) is 53.2 Å². The number of aryl methyl sites for hydroxylation is 1. The Balaban J connectivity index is 1.71. The lowest BCUT2D eigenvalue weighted by atomic mass is 10.1. The summed E-state index contributed by atoms with van der Waals surface area (Å²) in [7, 11) is 2.08. The number of rotatable bonds is 7. The molecular formula is C22H26N6. The Morgan fingerprint density at radius 3 is 2.82 bits per heavy atom. The lowest BCUT2D eigenvalue weighted by Crippen LogP contribution is -2.20. The molecule has 1 aromatic carbocycles. The zero-order valence-electron chi connectivity index (χ0n) is 16.7. The molecule has 0 spiro atoms. The van der Waals surface area contributed by atoms with Crippen LogP contribution in [0.25, 0.3) is 17.5 Å². The van der Waals surface area contributed by atoms with Gasteiger partial charge >= 0.3 is 0 Å². The summed E-state index contributed by atoms with van der Waals surface area (Å²) in [4.78, 5) is 11.8. The molecule has 2 N–H and O–H groups in total. The zero-order chi connectivity index (χ0) is 19.5. The second kappa shape index (κ2) is 7.84. The van der Waals surface area contributed by atoms with Crippen molar-refractivity contribution in [1.82, 2.24) is 20.2 Å². The number of anilines is 3. The van der Waals surface area contributed by atoms with E-state index in [2.05, 4.69) is 64.7 Å². The summed E-state index contributed by atoms with van der Waals surface area (Å²) in [5, 5.41) is 10.5. The summed E-state index contributed by atoms with van der Waals surface area (Å²) in [5.41, 5.74) is 4.63. The summed E-state index contributed by atoms with van der Waals surface area (Å²) in [6.45, 7) is 5.14. The number of aromatic nitrogens is 4. The predicted molar refractivity (Wildman–Crippen MR) is 115 cm³/mol. The smallest absolute Gasteiger partial charge is 0.163 e. The van der Waals surface area contributed by atoms with E-state index in [0.717, 1.165) is 60.3 Å². The Morgan fingerprint density at radius 1 is 1.14 bits per heavy atom. The van der Waals surface area contributed by atoms with Crippen molar-refractivity contribution in [2.75, 3.05) is 23.8 Å². The summed E-state index contributed by atoms with van der Waals surface area (Å²) >= 11 is 0. The molecular weight excluding hydrogens is 348 g/mol. The number of aromatic amines is 1. The van der Waals surface area contributed by atoms with Crippen LogP contribution >= 0.6 is 0 Å². The third-order valence-electron chi connectivity index (χ3n) is 4.95. The lowest BCUT2D eigenvalue weighted by Gasteiger charge is -2.19. The summed E-state index contributed by atoms with van der Waals surface area (Å²) in [5.74, 6) is 3.12. The van der Waals surface area contributed by atoms with Gasteiger partial charge in [0.05, 0.1) is 0 Å². The monoisotopic (exact) mass is 374 g/mol. The Hall–Kier alpha value is -3.15. The van der Waals surface area contributed by atoms with Gasteiger partial charge in [0.2, 0.25) is 0 Å². The number of hydrogen-bond acceptors (Lipinski definition) is 5. The molecule has 6 nitrogen and oxygen atoms in total. The number of hydrogen-bond donors (Lipinski definition) is 2. The maximum atomic E-state index is 4.85. The van der Waals surface area contributed by atoms with Crippen molar-refractivity contribution in [3.8, 4) is 11.4 Å². The molecule has 6 heteroatoms. The molecule has 0 atom stereocenters. The van der Waals surface area contributed by atoms with Gasteiger partial charge in [-0.2, -0.15) is 5.10 Å². The van der Waals surface area contributed by atoms with Gasteiger partial charge in [0.15, 0.2) is 11.6 Å². The molecule has 0 unspecified atom stereocenters. The van der Waals surface area contributed by atoms with E-state index in [1.807, 2.05) is 19.1 Å². The molecule has 3 aromatic rings. The van der Waals surface area contributed by atoms with Gasteiger partial charge in [-0.25, -0.2) is 9.97 Å². The largest absolute Gasteiger partial charge is 0.359 e. The van der Waals surface area contributed by atoms with Crippen LogP contribution in [0.15, 0.2) is 36.4 Å². The normalized spacial score (nSPS) is 12.2. The summed E-state index contributed by atoms with van der Waals surface area (Å²) in [6, 6.07) is 10.4. The molecule has 0 saturated heterocycles. The minimum atomic E-state index is 0.721. The van der Waals surface area contributed by atoms with Gasteiger partial charge in [0, 0.05) is 37.0 Å². The van der Waals surface area contributed by atoms with Crippen molar-refractivity contribution in [1.29, 1.82) is 0 Å². The van der Waals surface area contributed by atoms with E-state index in [1.165, 1.54) is 11.1 Å². The molecule has 144 valence electrons. The molecule has 0 fully saturated rings. The second-order valence-electron chi connectivity index (χ2n) is 7.29. The molecule has 0 bridgehead atoms. The molecule has 2 aromatic heterocycles. The first-order chi connectivity index (χ1) is 13.6. The highest BCUT2D eigenvalue weighted by atomic mass is 15.2. The third kappa shape index (κ3) is 3.91. The van der Waals surface area contributed by atoms with Crippen LogP contribution in [-0.2, 0) is 6.42 Å². The fourth-order valence-corrected chi connectivity index (χ4v) is 3.33. The van der Waals surface area contributed by atoms with Crippen molar-refractivity contribution in [2.24, 2.45) is 0 Å². The molecule has 1 aliphatic rings. The molecule has 0 saturated carbocycles. The van der Waals surface area contributed by atoms with Crippen molar-refractivity contribution in [2.45, 2.75) is 33.1 Å². The van der Waals surface area contributed by atoms with Crippen LogP contribution in [0, 0.1) is 6.92 Å². The first-order valence-electron chi connectivity index (χ1n) is 9.81. The van der Waals surface area contributed by atoms with E-state index in [1.54, 1.807) is 0 Å². The first-order valence-corrected chi connectivity index (χ1v) is 9.81. The Kier molecular flexibility index (Phi) is 5.10. The van der Waals surface area contributed by atoms with Crippen LogP contribution in [0.1, 0.15) is 36.6 Å². The maximum absolute atomic E-state index is 4.85. The number of benzene rings is 1. The number of allylic oxidation sites excluding steroid dienone is 1. The van der Waals surface area contributed by atoms with Gasteiger partial charge < -0.3 is 10.2 Å². The Labute approximate surface area is 165 Å². The van der Waals surface area contributed by atoms with E-state index >= 15 is 0 Å². The first kappa shape index (κ1) is 18.2. The van der Waals surface area contributed by atoms with E-state index in [0.29, 0.717) is 0 Å². The molecule has 28 heavy (non-hydrogen) atoms. The van der Waals surface area contributed by atoms with Gasteiger partial charge in [0.25, 0.3) is 0 Å². The average Bonchev–Trinajstić information content (AvgIpc) is 3.33. The van der Waals surface area contributed by atoms with E-state index < -0.39 is 0 Å². The summed E-state index contributed by atoms with van der Waals surface area (Å²) < 4.78 is 0. The van der Waals surface area contributed by atoms with Crippen LogP contribution in [0.4, 0.5) is 17.5 Å². The average molecular weight is 374 g/mol. The van der Waals surface area contributed by atoms with Crippen LogP contribution < -0.4 is 10.2 Å². The molecule has 0 amide bonds. The topological polar surface area (TPSA) is 69.7 Å². The number of unbranched alkanes of at least 4 members (excludes halogenated alkanes) is 1. The summed E-state index contributed by atoms with van der Waals surface area (Å²) in [6.07, 6.45) is 7.64. The zero-order valence-corrected chi connectivity index (χ0v) is 16.7. The quantitative estimate of drug-likeness (QED) is 0.626. The number of nitrogens with one attached hydrogen (secondary N) is 2. The predicted octanol–water partition coefficient (Wildman–Crippen LogP) is 4.72. The highest BCUT2D eigenvalue weighted by Crippen LogP contribution is 2.28. The number of H-pyrrole nitrogens is 1. The van der Waals surface area contributed by atoms with Crippen LogP contribution in [0.5, 0.6) is 0 Å². The highest BCUT2D eigenvalue weighted by molar-refractivity contribution is 5.70. The fourth-order valence-electron chi connectivity index (χ4n) is 3.33. The van der Waals surface area contributed by atoms with Gasteiger partial charge in [-0.05, 0) is 37.0 Å². The standard InChI is InChI=1S/C22H26N6/c1-4-5-11-28(3)21-14-19(23-20-12-15(2)26-27-20)24-22(25-21)18-10-9-16-7-6-8-17(16)13-18/h6,8-10,12-14H,4-5,7,11H2,1-3H3,(H2,23,24,25,26,27). The lowest BCUT2D eigenvalue weighted by molar-refractivity contribution is 0.759. The molecule has 2 heterocycles. The minimum absolute atomic E-state index is 0.721. The molecule has 0 radical (unpaired) electrons. The van der Waals surface area contributed by atoms with Gasteiger partial charge in [-0.15, -0.1) is 0 Å². The van der Waals surface area contributed by atoms with E-state index in [4.69, 9.17) is 9.97 Å².